The average Bonchev–Trinajstić information content (AvgIpc) is 3.28. The Hall–Kier alpha value is -2.15. The molecule has 0 saturated heterocycles. The van der Waals surface area contributed by atoms with Crippen LogP contribution in [0.25, 0.3) is 22.5 Å². The zero-order valence-corrected chi connectivity index (χ0v) is 15.3. The van der Waals surface area contributed by atoms with Crippen molar-refractivity contribution in [3.8, 4) is 22.5 Å². The minimum atomic E-state index is -4.44. The number of aryl methyl sites for hydroxylation is 1. The van der Waals surface area contributed by atoms with Crippen LogP contribution in [0.2, 0.25) is 0 Å². The molecule has 26 heavy (non-hydrogen) atoms. The fourth-order valence-electron chi connectivity index (χ4n) is 2.74. The second kappa shape index (κ2) is 8.03. The number of H-pyrrole nitrogens is 1. The van der Waals surface area contributed by atoms with Gasteiger partial charge < -0.3 is 0 Å². The van der Waals surface area contributed by atoms with Crippen LogP contribution in [0.3, 0.4) is 0 Å². The molecule has 0 saturated carbocycles. The predicted octanol–water partition coefficient (Wildman–Crippen LogP) is 6.34. The van der Waals surface area contributed by atoms with Crippen LogP contribution >= 0.6 is 11.3 Å². The van der Waals surface area contributed by atoms with Crippen LogP contribution < -0.4 is 0 Å². The highest BCUT2D eigenvalue weighted by Gasteiger charge is 2.33. The van der Waals surface area contributed by atoms with Gasteiger partial charge >= 0.3 is 6.18 Å². The molecule has 3 aromatic heterocycles. The van der Waals surface area contributed by atoms with Crippen molar-refractivity contribution < 1.29 is 13.2 Å². The molecule has 0 bridgehead atoms. The summed E-state index contributed by atoms with van der Waals surface area (Å²) < 4.78 is 38.2. The van der Waals surface area contributed by atoms with E-state index >= 15 is 0 Å². The number of pyridine rings is 1. The fourth-order valence-corrected chi connectivity index (χ4v) is 3.68. The number of hydrogen-bond acceptors (Lipinski definition) is 3. The molecule has 0 aliphatic rings. The first-order chi connectivity index (χ1) is 12.5. The first kappa shape index (κ1) is 18.6. The Morgan fingerprint density at radius 1 is 1.04 bits per heavy atom. The van der Waals surface area contributed by atoms with Gasteiger partial charge in [-0.25, -0.2) is 0 Å². The van der Waals surface area contributed by atoms with E-state index in [4.69, 9.17) is 0 Å². The summed E-state index contributed by atoms with van der Waals surface area (Å²) in [6.07, 6.45) is 3.13. The number of hydrogen-bond donors (Lipinski definition) is 1. The van der Waals surface area contributed by atoms with E-state index in [-0.39, 0.29) is 5.69 Å². The summed E-state index contributed by atoms with van der Waals surface area (Å²) in [6.45, 7) is 2.20. The zero-order valence-electron chi connectivity index (χ0n) is 14.4. The third kappa shape index (κ3) is 4.52. The number of nitrogens with zero attached hydrogens (tertiary/aromatic N) is 2. The highest BCUT2D eigenvalue weighted by Crippen LogP contribution is 2.32. The summed E-state index contributed by atoms with van der Waals surface area (Å²) in [5.41, 5.74) is 1.74. The number of halogens is 3. The largest absolute Gasteiger partial charge is 0.432 e. The average molecular weight is 379 g/mol. The molecule has 0 amide bonds. The molecule has 0 aliphatic carbocycles. The minimum Gasteiger partial charge on any atom is -0.273 e. The molecule has 0 aliphatic heterocycles. The summed E-state index contributed by atoms with van der Waals surface area (Å²) in [6, 6.07) is 6.78. The van der Waals surface area contributed by atoms with Gasteiger partial charge in [0, 0.05) is 11.1 Å². The highest BCUT2D eigenvalue weighted by molar-refractivity contribution is 7.10. The number of aromatic nitrogens is 3. The molecular formula is C19H20F3N3S. The smallest absolute Gasteiger partial charge is 0.273 e. The van der Waals surface area contributed by atoms with Crippen molar-refractivity contribution in [3.63, 3.8) is 0 Å². The fraction of sp³-hybridized carbons (Fsp3) is 0.368. The van der Waals surface area contributed by atoms with Crippen molar-refractivity contribution >= 4 is 11.3 Å². The van der Waals surface area contributed by atoms with Gasteiger partial charge in [0.2, 0.25) is 0 Å². The second-order valence-electron chi connectivity index (χ2n) is 6.21. The summed E-state index contributed by atoms with van der Waals surface area (Å²) >= 11 is 1.72. The van der Waals surface area contributed by atoms with Gasteiger partial charge in [0.25, 0.3) is 0 Å². The van der Waals surface area contributed by atoms with E-state index in [0.29, 0.717) is 5.69 Å². The number of unbranched alkanes of at least 4 members (excludes halogenated alkanes) is 3. The van der Waals surface area contributed by atoms with Gasteiger partial charge in [-0.1, -0.05) is 26.2 Å². The van der Waals surface area contributed by atoms with Crippen molar-refractivity contribution in [2.75, 3.05) is 0 Å². The molecule has 3 nitrogen and oxygen atoms in total. The molecule has 0 unspecified atom stereocenters. The van der Waals surface area contributed by atoms with Crippen molar-refractivity contribution in [3.05, 3.63) is 46.4 Å². The minimum absolute atomic E-state index is 0.189. The van der Waals surface area contributed by atoms with Crippen molar-refractivity contribution in [1.82, 2.24) is 15.2 Å². The Bertz CT molecular complexity index is 852. The number of thiophene rings is 1. The molecular weight excluding hydrogens is 359 g/mol. The maximum absolute atomic E-state index is 12.7. The Morgan fingerprint density at radius 2 is 1.88 bits per heavy atom. The van der Waals surface area contributed by atoms with Gasteiger partial charge in [-0.15, -0.1) is 11.3 Å². The Kier molecular flexibility index (Phi) is 5.76. The van der Waals surface area contributed by atoms with Crippen LogP contribution in [0.15, 0.2) is 35.8 Å². The summed E-state index contributed by atoms with van der Waals surface area (Å²) in [7, 11) is 0. The third-order valence-corrected chi connectivity index (χ3v) is 5.17. The third-order valence-electron chi connectivity index (χ3n) is 4.17. The molecule has 3 rings (SSSR count). The molecule has 0 fully saturated rings. The van der Waals surface area contributed by atoms with Crippen molar-refractivity contribution in [1.29, 1.82) is 0 Å². The van der Waals surface area contributed by atoms with Gasteiger partial charge in [-0.3, -0.25) is 10.1 Å². The second-order valence-corrected chi connectivity index (χ2v) is 7.20. The summed E-state index contributed by atoms with van der Waals surface area (Å²) in [5, 5.41) is 7.86. The van der Waals surface area contributed by atoms with Gasteiger partial charge in [0.1, 0.15) is 11.4 Å². The van der Waals surface area contributed by atoms with Crippen molar-refractivity contribution in [2.45, 2.75) is 45.2 Å². The first-order valence-electron chi connectivity index (χ1n) is 8.64. The molecule has 0 atom stereocenters. The quantitative estimate of drug-likeness (QED) is 0.487. The van der Waals surface area contributed by atoms with Gasteiger partial charge in [0.15, 0.2) is 0 Å². The van der Waals surface area contributed by atoms with E-state index < -0.39 is 11.9 Å². The molecule has 3 heterocycles. The highest BCUT2D eigenvalue weighted by atomic mass is 32.1. The van der Waals surface area contributed by atoms with E-state index in [1.807, 2.05) is 11.2 Å². The summed E-state index contributed by atoms with van der Waals surface area (Å²) in [4.78, 5) is 5.49. The normalized spacial score (nSPS) is 11.8. The van der Waals surface area contributed by atoms with Crippen molar-refractivity contribution in [2.24, 2.45) is 0 Å². The number of aromatic amines is 1. The van der Waals surface area contributed by atoms with Crippen LogP contribution in [0.5, 0.6) is 0 Å². The molecule has 1 N–H and O–H groups in total. The molecule has 0 aromatic carbocycles. The van der Waals surface area contributed by atoms with E-state index in [0.717, 1.165) is 23.6 Å². The maximum Gasteiger partial charge on any atom is 0.432 e. The van der Waals surface area contributed by atoms with Crippen LogP contribution in [-0.4, -0.2) is 15.2 Å². The van der Waals surface area contributed by atoms with E-state index in [2.05, 4.69) is 28.5 Å². The Labute approximate surface area is 154 Å². The van der Waals surface area contributed by atoms with Crippen LogP contribution in [0, 0.1) is 0 Å². The maximum atomic E-state index is 12.7. The predicted molar refractivity (Wildman–Crippen MR) is 98.0 cm³/mol. The van der Waals surface area contributed by atoms with Gasteiger partial charge in [-0.05, 0) is 53.6 Å². The van der Waals surface area contributed by atoms with E-state index in [1.165, 1.54) is 30.6 Å². The molecule has 0 radical (unpaired) electrons. The lowest BCUT2D eigenvalue weighted by Gasteiger charge is -2.01. The summed E-state index contributed by atoms with van der Waals surface area (Å²) in [5.74, 6) is 0. The SMILES string of the molecule is CCCCCCc1cc(-c2ccnc(-c3cc(C(F)(F)F)[nH]n3)c2)cs1. The Balaban J connectivity index is 1.75. The lowest BCUT2D eigenvalue weighted by Crippen LogP contribution is -2.04. The standard InChI is InChI=1S/C19H20F3N3S/c1-2-3-4-5-6-15-9-14(12-26-15)13-7-8-23-16(10-13)17-11-18(25-24-17)19(20,21)22/h7-12H,2-6H2,1H3,(H,24,25). The molecule has 0 spiro atoms. The molecule has 138 valence electrons. The Morgan fingerprint density at radius 3 is 2.62 bits per heavy atom. The van der Waals surface area contributed by atoms with Gasteiger partial charge in [0.05, 0.1) is 5.69 Å². The monoisotopic (exact) mass is 379 g/mol. The van der Waals surface area contributed by atoms with Crippen LogP contribution in [-0.2, 0) is 12.6 Å². The van der Waals surface area contributed by atoms with E-state index in [1.54, 1.807) is 23.6 Å². The van der Waals surface area contributed by atoms with E-state index in [9.17, 15) is 13.2 Å². The topological polar surface area (TPSA) is 41.6 Å². The number of nitrogens with one attached hydrogen (secondary N) is 1. The zero-order chi connectivity index (χ0) is 18.6. The number of alkyl halides is 3. The van der Waals surface area contributed by atoms with Crippen LogP contribution in [0.1, 0.15) is 43.2 Å². The first-order valence-corrected chi connectivity index (χ1v) is 9.52. The van der Waals surface area contributed by atoms with Crippen LogP contribution in [0.4, 0.5) is 13.2 Å². The lowest BCUT2D eigenvalue weighted by atomic mass is 10.1. The van der Waals surface area contributed by atoms with Gasteiger partial charge in [-0.2, -0.15) is 18.3 Å². The molecule has 7 heteroatoms. The number of rotatable bonds is 7. The lowest BCUT2D eigenvalue weighted by molar-refractivity contribution is -0.141. The molecule has 3 aromatic rings.